The van der Waals surface area contributed by atoms with E-state index >= 15 is 0 Å². The SMILES string of the molecule is CC1(C)CCC[C@]2(C)[C@H]3CCC[C@H](O)[C@@H]3CC[C@@H]12. The molecule has 3 fully saturated rings. The lowest BCUT2D eigenvalue weighted by atomic mass is 9.44. The zero-order valence-corrected chi connectivity index (χ0v) is 12.4. The predicted octanol–water partition coefficient (Wildman–Crippen LogP) is 4.39. The van der Waals surface area contributed by atoms with E-state index in [0.717, 1.165) is 18.3 Å². The van der Waals surface area contributed by atoms with Gasteiger partial charge in [-0.25, -0.2) is 0 Å². The summed E-state index contributed by atoms with van der Waals surface area (Å²) in [5.74, 6) is 2.32. The van der Waals surface area contributed by atoms with Crippen LogP contribution >= 0.6 is 0 Å². The zero-order chi connectivity index (χ0) is 13.0. The molecule has 18 heavy (non-hydrogen) atoms. The quantitative estimate of drug-likeness (QED) is 0.676. The summed E-state index contributed by atoms with van der Waals surface area (Å²) >= 11 is 0. The fourth-order valence-corrected chi connectivity index (χ4v) is 6.14. The third kappa shape index (κ3) is 1.77. The Kier molecular flexibility index (Phi) is 3.05. The Balaban J connectivity index is 1.92. The van der Waals surface area contributed by atoms with E-state index in [1.165, 1.54) is 44.9 Å². The van der Waals surface area contributed by atoms with Crippen molar-refractivity contribution < 1.29 is 5.11 Å². The Morgan fingerprint density at radius 1 is 0.889 bits per heavy atom. The van der Waals surface area contributed by atoms with E-state index in [1.807, 2.05) is 0 Å². The molecule has 0 heterocycles. The molecule has 0 spiro atoms. The summed E-state index contributed by atoms with van der Waals surface area (Å²) in [5, 5.41) is 10.3. The fourth-order valence-electron chi connectivity index (χ4n) is 6.14. The van der Waals surface area contributed by atoms with Crippen molar-refractivity contribution in [1.82, 2.24) is 0 Å². The van der Waals surface area contributed by atoms with Crippen LogP contribution in [0.2, 0.25) is 0 Å². The number of hydrogen-bond acceptors (Lipinski definition) is 1. The first-order chi connectivity index (χ1) is 8.45. The molecule has 3 aliphatic carbocycles. The van der Waals surface area contributed by atoms with Crippen LogP contribution in [0.1, 0.15) is 72.1 Å². The summed E-state index contributed by atoms with van der Waals surface area (Å²) in [7, 11) is 0. The van der Waals surface area contributed by atoms with Gasteiger partial charge in [0.05, 0.1) is 6.10 Å². The monoisotopic (exact) mass is 250 g/mol. The van der Waals surface area contributed by atoms with Crippen LogP contribution < -0.4 is 0 Å². The maximum Gasteiger partial charge on any atom is 0.0571 e. The van der Waals surface area contributed by atoms with Crippen LogP contribution in [0.15, 0.2) is 0 Å². The van der Waals surface area contributed by atoms with Gasteiger partial charge in [-0.15, -0.1) is 0 Å². The minimum atomic E-state index is 0.00608. The molecule has 1 heteroatoms. The minimum absolute atomic E-state index is 0.00608. The van der Waals surface area contributed by atoms with E-state index in [1.54, 1.807) is 0 Å². The lowest BCUT2D eigenvalue weighted by Crippen LogP contribution is -2.54. The third-order valence-corrected chi connectivity index (χ3v) is 6.94. The van der Waals surface area contributed by atoms with Gasteiger partial charge in [-0.1, -0.05) is 33.6 Å². The van der Waals surface area contributed by atoms with E-state index in [4.69, 9.17) is 0 Å². The number of fused-ring (bicyclic) bond motifs is 3. The van der Waals surface area contributed by atoms with Crippen LogP contribution in [0.5, 0.6) is 0 Å². The average molecular weight is 250 g/mol. The number of hydrogen-bond donors (Lipinski definition) is 1. The molecule has 0 aromatic rings. The molecule has 0 aliphatic heterocycles. The highest BCUT2D eigenvalue weighted by Gasteiger charge is 2.55. The lowest BCUT2D eigenvalue weighted by Gasteiger charge is -2.61. The fraction of sp³-hybridized carbons (Fsp3) is 1.00. The number of aliphatic hydroxyl groups is 1. The Labute approximate surface area is 112 Å². The van der Waals surface area contributed by atoms with Crippen LogP contribution in [-0.4, -0.2) is 11.2 Å². The van der Waals surface area contributed by atoms with Gasteiger partial charge >= 0.3 is 0 Å². The van der Waals surface area contributed by atoms with E-state index < -0.39 is 0 Å². The summed E-state index contributed by atoms with van der Waals surface area (Å²) in [6, 6.07) is 0. The average Bonchev–Trinajstić information content (AvgIpc) is 2.29. The molecule has 0 aromatic heterocycles. The molecule has 0 aromatic carbocycles. The molecule has 104 valence electrons. The summed E-state index contributed by atoms with van der Waals surface area (Å²) in [6.07, 6.45) is 10.6. The van der Waals surface area contributed by atoms with Crippen LogP contribution in [0.25, 0.3) is 0 Å². The second-order valence-corrected chi connectivity index (χ2v) is 8.25. The molecule has 0 radical (unpaired) electrons. The van der Waals surface area contributed by atoms with Crippen LogP contribution in [0.4, 0.5) is 0 Å². The second-order valence-electron chi connectivity index (χ2n) is 8.25. The summed E-state index contributed by atoms with van der Waals surface area (Å²) < 4.78 is 0. The molecule has 3 rings (SSSR count). The number of aliphatic hydroxyl groups excluding tert-OH is 1. The maximum atomic E-state index is 10.3. The topological polar surface area (TPSA) is 20.2 Å². The lowest BCUT2D eigenvalue weighted by molar-refractivity contribution is -0.137. The molecule has 3 aliphatic rings. The van der Waals surface area contributed by atoms with Gasteiger partial charge in [0, 0.05) is 0 Å². The van der Waals surface area contributed by atoms with Crippen molar-refractivity contribution in [2.75, 3.05) is 0 Å². The van der Waals surface area contributed by atoms with Crippen molar-refractivity contribution in [2.45, 2.75) is 78.2 Å². The molecule has 0 saturated heterocycles. The van der Waals surface area contributed by atoms with E-state index in [2.05, 4.69) is 20.8 Å². The van der Waals surface area contributed by atoms with Gasteiger partial charge in [-0.05, 0) is 67.1 Å². The van der Waals surface area contributed by atoms with Gasteiger partial charge in [0.1, 0.15) is 0 Å². The molecule has 0 bridgehead atoms. The first kappa shape index (κ1) is 13.0. The van der Waals surface area contributed by atoms with E-state index in [0.29, 0.717) is 16.7 Å². The largest absolute Gasteiger partial charge is 0.393 e. The highest BCUT2D eigenvalue weighted by molar-refractivity contribution is 5.05. The normalized spacial score (nSPS) is 51.3. The van der Waals surface area contributed by atoms with Gasteiger partial charge in [-0.2, -0.15) is 0 Å². The van der Waals surface area contributed by atoms with Crippen molar-refractivity contribution in [3.63, 3.8) is 0 Å². The highest BCUT2D eigenvalue weighted by Crippen LogP contribution is 2.63. The minimum Gasteiger partial charge on any atom is -0.393 e. The van der Waals surface area contributed by atoms with E-state index in [9.17, 15) is 5.11 Å². The molecular formula is C17H30O. The first-order valence-corrected chi connectivity index (χ1v) is 8.13. The molecule has 0 unspecified atom stereocenters. The Morgan fingerprint density at radius 2 is 1.67 bits per heavy atom. The summed E-state index contributed by atoms with van der Waals surface area (Å²) in [6.45, 7) is 7.55. The van der Waals surface area contributed by atoms with Crippen LogP contribution in [0.3, 0.4) is 0 Å². The van der Waals surface area contributed by atoms with Crippen molar-refractivity contribution in [2.24, 2.45) is 28.6 Å². The molecule has 0 amide bonds. The van der Waals surface area contributed by atoms with E-state index in [-0.39, 0.29) is 6.10 Å². The Hall–Kier alpha value is -0.0400. The molecule has 5 atom stereocenters. The van der Waals surface area contributed by atoms with Gasteiger partial charge in [-0.3, -0.25) is 0 Å². The maximum absolute atomic E-state index is 10.3. The second kappa shape index (κ2) is 4.23. The molecule has 1 N–H and O–H groups in total. The first-order valence-electron chi connectivity index (χ1n) is 8.13. The van der Waals surface area contributed by atoms with Crippen molar-refractivity contribution in [1.29, 1.82) is 0 Å². The number of rotatable bonds is 0. The van der Waals surface area contributed by atoms with Crippen LogP contribution in [0, 0.1) is 28.6 Å². The predicted molar refractivity (Wildman–Crippen MR) is 75.3 cm³/mol. The summed E-state index contributed by atoms with van der Waals surface area (Å²) in [4.78, 5) is 0. The van der Waals surface area contributed by atoms with Crippen molar-refractivity contribution in [3.05, 3.63) is 0 Å². The van der Waals surface area contributed by atoms with Gasteiger partial charge in [0.25, 0.3) is 0 Å². The Bertz CT molecular complexity index is 322. The van der Waals surface area contributed by atoms with Crippen LogP contribution in [-0.2, 0) is 0 Å². The molecule has 1 nitrogen and oxygen atoms in total. The highest BCUT2D eigenvalue weighted by atomic mass is 16.3. The smallest absolute Gasteiger partial charge is 0.0571 e. The standard InChI is InChI=1S/C17H30O/c1-16(2)10-5-11-17(3)13-6-4-7-14(18)12(13)8-9-15(16)17/h12-15,18H,4-11H2,1-3H3/t12-,13+,14+,15+,17-/m1/s1. The van der Waals surface area contributed by atoms with Crippen molar-refractivity contribution in [3.8, 4) is 0 Å². The molecule has 3 saturated carbocycles. The van der Waals surface area contributed by atoms with Crippen molar-refractivity contribution >= 4 is 0 Å². The Morgan fingerprint density at radius 3 is 2.44 bits per heavy atom. The third-order valence-electron chi connectivity index (χ3n) is 6.94. The van der Waals surface area contributed by atoms with Gasteiger partial charge in [0.2, 0.25) is 0 Å². The molecular weight excluding hydrogens is 220 g/mol. The zero-order valence-electron chi connectivity index (χ0n) is 12.4. The van der Waals surface area contributed by atoms with Gasteiger partial charge in [0.15, 0.2) is 0 Å². The van der Waals surface area contributed by atoms with Gasteiger partial charge < -0.3 is 5.11 Å². The summed E-state index contributed by atoms with van der Waals surface area (Å²) in [5.41, 5.74) is 1.05.